The van der Waals surface area contributed by atoms with Gasteiger partial charge < -0.3 is 15.4 Å². The smallest absolute Gasteiger partial charge is 0.416 e. The number of rotatable bonds is 6. The molecule has 8 nitrogen and oxygen atoms in total. The largest absolute Gasteiger partial charge is 0.497 e. The molecule has 2 N–H and O–H groups in total. The molecule has 0 amide bonds. The maximum Gasteiger partial charge on any atom is 0.416 e. The molecule has 0 saturated heterocycles. The summed E-state index contributed by atoms with van der Waals surface area (Å²) in [6.07, 6.45) is -3.59. The Kier molecular flexibility index (Phi) is 5.92. The SMILES string of the molecule is COc1cccc(Nc2ncnc(Nc3cc(C(F)(F)F)ccc3Cl)c2[N+](=O)[O-])c1. The number of benzene rings is 2. The highest BCUT2D eigenvalue weighted by Gasteiger charge is 2.31. The molecule has 0 radical (unpaired) electrons. The standard InChI is InChI=1S/C18H13ClF3N5O3/c1-30-12-4-2-3-11(8-12)25-16-15(27(28)29)17(24-9-23-16)26-14-7-10(18(20,21)22)5-6-13(14)19/h2-9H,1H3,(H2,23,24,25,26). The molecule has 3 aromatic rings. The highest BCUT2D eigenvalue weighted by atomic mass is 35.5. The fourth-order valence-corrected chi connectivity index (χ4v) is 2.66. The molecule has 0 aliphatic carbocycles. The van der Waals surface area contributed by atoms with Gasteiger partial charge in [0.1, 0.15) is 12.1 Å². The molecule has 3 rings (SSSR count). The normalized spacial score (nSPS) is 11.1. The van der Waals surface area contributed by atoms with Crippen LogP contribution < -0.4 is 15.4 Å². The first-order valence-corrected chi connectivity index (χ1v) is 8.61. The van der Waals surface area contributed by atoms with Crippen LogP contribution in [-0.4, -0.2) is 22.0 Å². The van der Waals surface area contributed by atoms with Crippen molar-refractivity contribution in [2.75, 3.05) is 17.7 Å². The second kappa shape index (κ2) is 8.41. The number of nitro groups is 1. The van der Waals surface area contributed by atoms with Gasteiger partial charge in [-0.05, 0) is 30.3 Å². The van der Waals surface area contributed by atoms with Crippen LogP contribution in [0.15, 0.2) is 48.8 Å². The molecule has 0 spiro atoms. The molecule has 0 aliphatic heterocycles. The maximum atomic E-state index is 13.0. The van der Waals surface area contributed by atoms with Crippen LogP contribution in [0.25, 0.3) is 0 Å². The maximum absolute atomic E-state index is 13.0. The predicted octanol–water partition coefficient (Wildman–Crippen LogP) is 5.55. The first-order valence-electron chi connectivity index (χ1n) is 8.23. The van der Waals surface area contributed by atoms with Crippen molar-refractivity contribution in [3.63, 3.8) is 0 Å². The zero-order valence-corrected chi connectivity index (χ0v) is 16.0. The van der Waals surface area contributed by atoms with Gasteiger partial charge in [-0.15, -0.1) is 0 Å². The van der Waals surface area contributed by atoms with E-state index in [2.05, 4.69) is 20.6 Å². The highest BCUT2D eigenvalue weighted by Crippen LogP contribution is 2.38. The van der Waals surface area contributed by atoms with Gasteiger partial charge in [-0.3, -0.25) is 10.1 Å². The Morgan fingerprint density at radius 3 is 2.43 bits per heavy atom. The summed E-state index contributed by atoms with van der Waals surface area (Å²) < 4.78 is 44.1. The number of nitrogens with one attached hydrogen (secondary N) is 2. The zero-order chi connectivity index (χ0) is 21.9. The Labute approximate surface area is 172 Å². The van der Waals surface area contributed by atoms with Crippen molar-refractivity contribution in [3.8, 4) is 5.75 Å². The zero-order valence-electron chi connectivity index (χ0n) is 15.2. The fourth-order valence-electron chi connectivity index (χ4n) is 2.50. The van der Waals surface area contributed by atoms with Crippen molar-refractivity contribution < 1.29 is 22.8 Å². The molecule has 0 bridgehead atoms. The predicted molar refractivity (Wildman–Crippen MR) is 105 cm³/mol. The summed E-state index contributed by atoms with van der Waals surface area (Å²) >= 11 is 5.96. The van der Waals surface area contributed by atoms with Gasteiger partial charge in [-0.1, -0.05) is 17.7 Å². The molecule has 2 aromatic carbocycles. The number of anilines is 4. The van der Waals surface area contributed by atoms with Crippen LogP contribution in [0, 0.1) is 10.1 Å². The molecule has 156 valence electrons. The molecule has 1 heterocycles. The summed E-state index contributed by atoms with van der Waals surface area (Å²) in [6, 6.07) is 9.14. The van der Waals surface area contributed by atoms with Crippen molar-refractivity contribution in [2.24, 2.45) is 0 Å². The van der Waals surface area contributed by atoms with Gasteiger partial charge in [-0.2, -0.15) is 13.2 Å². The summed E-state index contributed by atoms with van der Waals surface area (Å²) in [5.41, 5.74) is -1.30. The second-order valence-corrected chi connectivity index (χ2v) is 6.26. The van der Waals surface area contributed by atoms with Crippen molar-refractivity contribution >= 4 is 40.3 Å². The quantitative estimate of drug-likeness (QED) is 0.383. The van der Waals surface area contributed by atoms with E-state index in [4.69, 9.17) is 16.3 Å². The molecule has 1 aromatic heterocycles. The lowest BCUT2D eigenvalue weighted by Gasteiger charge is -2.13. The van der Waals surface area contributed by atoms with Gasteiger partial charge in [0, 0.05) is 11.8 Å². The summed E-state index contributed by atoms with van der Waals surface area (Å²) in [6.45, 7) is 0. The molecular formula is C18H13ClF3N5O3. The number of hydrogen-bond acceptors (Lipinski definition) is 7. The molecule has 0 unspecified atom stereocenters. The van der Waals surface area contributed by atoms with E-state index in [0.29, 0.717) is 11.4 Å². The summed E-state index contributed by atoms with van der Waals surface area (Å²) in [4.78, 5) is 18.6. The van der Waals surface area contributed by atoms with Crippen molar-refractivity contribution in [2.45, 2.75) is 6.18 Å². The van der Waals surface area contributed by atoms with Gasteiger partial charge in [0.05, 0.1) is 28.3 Å². The van der Waals surface area contributed by atoms with Crippen LogP contribution in [0.3, 0.4) is 0 Å². The number of methoxy groups -OCH3 is 1. The minimum absolute atomic E-state index is 0.0711. The van der Waals surface area contributed by atoms with Crippen LogP contribution in [0.4, 0.5) is 41.9 Å². The number of alkyl halides is 3. The highest BCUT2D eigenvalue weighted by molar-refractivity contribution is 6.33. The average Bonchev–Trinajstić information content (AvgIpc) is 2.69. The molecule has 30 heavy (non-hydrogen) atoms. The topological polar surface area (TPSA) is 102 Å². The minimum atomic E-state index is -4.61. The Bertz CT molecular complexity index is 1090. The third-order valence-corrected chi connectivity index (χ3v) is 4.21. The van der Waals surface area contributed by atoms with Crippen LogP contribution in [-0.2, 0) is 6.18 Å². The van der Waals surface area contributed by atoms with Gasteiger partial charge >= 0.3 is 11.9 Å². The summed E-state index contributed by atoms with van der Waals surface area (Å²) in [7, 11) is 1.47. The third-order valence-electron chi connectivity index (χ3n) is 3.88. The van der Waals surface area contributed by atoms with E-state index in [9.17, 15) is 23.3 Å². The van der Waals surface area contributed by atoms with Gasteiger partial charge in [-0.25, -0.2) is 9.97 Å². The van der Waals surface area contributed by atoms with Crippen molar-refractivity contribution in [3.05, 3.63) is 69.5 Å². The number of ether oxygens (including phenoxy) is 1. The Hall–Kier alpha value is -3.60. The van der Waals surface area contributed by atoms with E-state index >= 15 is 0 Å². The minimum Gasteiger partial charge on any atom is -0.497 e. The monoisotopic (exact) mass is 439 g/mol. The van der Waals surface area contributed by atoms with Crippen LogP contribution >= 0.6 is 11.6 Å². The summed E-state index contributed by atoms with van der Waals surface area (Å²) in [5.74, 6) is 0.00118. The van der Waals surface area contributed by atoms with Crippen LogP contribution in [0.1, 0.15) is 5.56 Å². The number of nitrogens with zero attached hydrogens (tertiary/aromatic N) is 3. The van der Waals surface area contributed by atoms with Crippen LogP contribution in [0.2, 0.25) is 5.02 Å². The fraction of sp³-hybridized carbons (Fsp3) is 0.111. The van der Waals surface area contributed by atoms with Crippen molar-refractivity contribution in [1.29, 1.82) is 0 Å². The molecular weight excluding hydrogens is 427 g/mol. The van der Waals surface area contributed by atoms with E-state index < -0.39 is 22.4 Å². The lowest BCUT2D eigenvalue weighted by atomic mass is 10.2. The van der Waals surface area contributed by atoms with E-state index in [1.807, 2.05) is 0 Å². The first kappa shape index (κ1) is 21.1. The van der Waals surface area contributed by atoms with E-state index in [-0.39, 0.29) is 22.3 Å². The van der Waals surface area contributed by atoms with Crippen molar-refractivity contribution in [1.82, 2.24) is 9.97 Å². The molecule has 0 fully saturated rings. The Balaban J connectivity index is 2.00. The second-order valence-electron chi connectivity index (χ2n) is 5.85. The van der Waals surface area contributed by atoms with Gasteiger partial charge in [0.2, 0.25) is 11.6 Å². The first-order chi connectivity index (χ1) is 14.2. The van der Waals surface area contributed by atoms with Crippen LogP contribution in [0.5, 0.6) is 5.75 Å². The molecule has 12 heteroatoms. The lowest BCUT2D eigenvalue weighted by Crippen LogP contribution is -2.08. The number of aromatic nitrogens is 2. The number of hydrogen-bond donors (Lipinski definition) is 2. The Morgan fingerprint density at radius 2 is 1.80 bits per heavy atom. The average molecular weight is 440 g/mol. The van der Waals surface area contributed by atoms with Gasteiger partial charge in [0.15, 0.2) is 0 Å². The van der Waals surface area contributed by atoms with E-state index in [1.165, 1.54) is 7.11 Å². The Morgan fingerprint density at radius 1 is 1.10 bits per heavy atom. The lowest BCUT2D eigenvalue weighted by molar-refractivity contribution is -0.383. The third kappa shape index (κ3) is 4.69. The molecule has 0 saturated carbocycles. The van der Waals surface area contributed by atoms with E-state index in [0.717, 1.165) is 24.5 Å². The molecule has 0 aliphatic rings. The van der Waals surface area contributed by atoms with E-state index in [1.54, 1.807) is 24.3 Å². The number of halogens is 4. The summed E-state index contributed by atoms with van der Waals surface area (Å²) in [5, 5.41) is 16.9. The van der Waals surface area contributed by atoms with Gasteiger partial charge in [0.25, 0.3) is 0 Å². The molecule has 0 atom stereocenters.